The fourth-order valence-electron chi connectivity index (χ4n) is 4.45. The molecule has 2 aromatic carbocycles. The quantitative estimate of drug-likeness (QED) is 0.260. The summed E-state index contributed by atoms with van der Waals surface area (Å²) in [6.45, 7) is 8.83. The highest BCUT2D eigenvalue weighted by Gasteiger charge is 2.33. The van der Waals surface area contributed by atoms with Crippen LogP contribution in [-0.4, -0.2) is 37.7 Å². The zero-order chi connectivity index (χ0) is 31.7. The molecule has 0 saturated heterocycles. The first-order valence-electron chi connectivity index (χ1n) is 12.9. The molecule has 1 heterocycles. The number of esters is 2. The maximum absolute atomic E-state index is 13.3. The zero-order valence-corrected chi connectivity index (χ0v) is 25.1. The van der Waals surface area contributed by atoms with Gasteiger partial charge < -0.3 is 25.6 Å². The summed E-state index contributed by atoms with van der Waals surface area (Å²) in [6.07, 6.45) is -0.186. The van der Waals surface area contributed by atoms with Crippen molar-refractivity contribution in [2.75, 3.05) is 11.1 Å². The van der Waals surface area contributed by atoms with Gasteiger partial charge in [-0.1, -0.05) is 11.6 Å². The van der Waals surface area contributed by atoms with Gasteiger partial charge in [0.2, 0.25) is 0 Å². The number of benzene rings is 2. The van der Waals surface area contributed by atoms with Crippen LogP contribution in [0, 0.1) is 20.8 Å². The number of rotatable bonds is 8. The summed E-state index contributed by atoms with van der Waals surface area (Å²) in [5.74, 6) is -1.91. The van der Waals surface area contributed by atoms with Gasteiger partial charge in [0.15, 0.2) is 0 Å². The number of carbonyl (C=O) groups excluding carboxylic acids is 3. The molecule has 1 atom stereocenters. The number of hydrogen-bond acceptors (Lipinski definition) is 9. The Balaban J connectivity index is 2.00. The highest BCUT2D eigenvalue weighted by atomic mass is 35.5. The van der Waals surface area contributed by atoms with Crippen LogP contribution in [0.2, 0.25) is 5.02 Å². The van der Waals surface area contributed by atoms with Gasteiger partial charge in [0.25, 0.3) is 11.5 Å². The SMILES string of the molecule is CC(=O)Oc1c(C)c(C)c(OC(C)=O)c(CCC(C)(O)C(=O)Nc2c(N)n(-c3ccc(Cl)cc3)c(=O)n(C)c2=O)c1C. The average molecular weight is 601 g/mol. The molecule has 42 heavy (non-hydrogen) atoms. The van der Waals surface area contributed by atoms with Crippen molar-refractivity contribution >= 4 is 41.0 Å². The average Bonchev–Trinajstić information content (AvgIpc) is 2.91. The van der Waals surface area contributed by atoms with E-state index in [-0.39, 0.29) is 30.2 Å². The van der Waals surface area contributed by atoms with Crippen LogP contribution in [0.15, 0.2) is 33.9 Å². The lowest BCUT2D eigenvalue weighted by atomic mass is 9.90. The van der Waals surface area contributed by atoms with E-state index in [9.17, 15) is 29.1 Å². The van der Waals surface area contributed by atoms with E-state index in [4.69, 9.17) is 26.8 Å². The Morgan fingerprint density at radius 3 is 2.05 bits per heavy atom. The standard InChI is InChI=1S/C29H33ClN4O8/c1-14-15(2)24(42-18(5)36)21(16(3)23(14)41-17(4)35)12-13-29(6,40)27(38)32-22-25(31)34(28(39)33(7)26(22)37)20-10-8-19(30)9-11-20/h8-11,40H,12-13,31H2,1-7H3,(H,32,38). The molecule has 3 aromatic rings. The van der Waals surface area contributed by atoms with Crippen molar-refractivity contribution < 1.29 is 29.0 Å². The largest absolute Gasteiger partial charge is 0.426 e. The minimum Gasteiger partial charge on any atom is -0.426 e. The summed E-state index contributed by atoms with van der Waals surface area (Å²) >= 11 is 5.95. The lowest BCUT2D eigenvalue weighted by Crippen LogP contribution is -2.45. The van der Waals surface area contributed by atoms with Gasteiger partial charge in [0.05, 0.1) is 5.69 Å². The molecular weight excluding hydrogens is 568 g/mol. The number of nitrogens with two attached hydrogens (primary N) is 1. The lowest BCUT2D eigenvalue weighted by molar-refractivity contribution is -0.133. The van der Waals surface area contributed by atoms with Gasteiger partial charge in [-0.15, -0.1) is 0 Å². The highest BCUT2D eigenvalue weighted by molar-refractivity contribution is 6.30. The van der Waals surface area contributed by atoms with Gasteiger partial charge in [0, 0.05) is 31.5 Å². The molecular formula is C29H33ClN4O8. The molecule has 0 aliphatic heterocycles. The van der Waals surface area contributed by atoms with Crippen LogP contribution in [0.4, 0.5) is 11.5 Å². The van der Waals surface area contributed by atoms with Crippen molar-refractivity contribution in [3.63, 3.8) is 0 Å². The molecule has 0 spiro atoms. The number of nitrogens with one attached hydrogen (secondary N) is 1. The number of aliphatic hydroxyl groups is 1. The molecule has 4 N–H and O–H groups in total. The maximum atomic E-state index is 13.3. The normalized spacial score (nSPS) is 12.4. The predicted molar refractivity (Wildman–Crippen MR) is 158 cm³/mol. The number of carbonyl (C=O) groups is 3. The van der Waals surface area contributed by atoms with E-state index in [2.05, 4.69) is 5.32 Å². The topological polar surface area (TPSA) is 172 Å². The molecule has 0 bridgehead atoms. The second kappa shape index (κ2) is 12.2. The monoisotopic (exact) mass is 600 g/mol. The molecule has 0 aliphatic rings. The van der Waals surface area contributed by atoms with Crippen LogP contribution >= 0.6 is 11.6 Å². The summed E-state index contributed by atoms with van der Waals surface area (Å²) in [5.41, 5.74) is 4.46. The third-order valence-corrected chi connectivity index (χ3v) is 7.22. The van der Waals surface area contributed by atoms with Gasteiger partial charge in [-0.2, -0.15) is 0 Å². The molecule has 0 saturated carbocycles. The Morgan fingerprint density at radius 2 is 1.50 bits per heavy atom. The molecule has 3 rings (SSSR count). The van der Waals surface area contributed by atoms with Crippen molar-refractivity contribution in [2.24, 2.45) is 7.05 Å². The van der Waals surface area contributed by atoms with E-state index in [1.165, 1.54) is 52.1 Å². The van der Waals surface area contributed by atoms with Crippen molar-refractivity contribution in [1.82, 2.24) is 9.13 Å². The van der Waals surface area contributed by atoms with Crippen LogP contribution in [0.25, 0.3) is 5.69 Å². The second-order valence-electron chi connectivity index (χ2n) is 10.1. The van der Waals surface area contributed by atoms with E-state index in [0.717, 1.165) is 9.13 Å². The molecule has 1 aromatic heterocycles. The third kappa shape index (κ3) is 6.39. The van der Waals surface area contributed by atoms with Gasteiger partial charge in [0.1, 0.15) is 28.6 Å². The Kier molecular flexibility index (Phi) is 9.33. The van der Waals surface area contributed by atoms with Crippen molar-refractivity contribution in [1.29, 1.82) is 0 Å². The number of halogens is 1. The smallest absolute Gasteiger partial charge is 0.337 e. The second-order valence-corrected chi connectivity index (χ2v) is 10.6. The van der Waals surface area contributed by atoms with E-state index in [1.807, 2.05) is 0 Å². The summed E-state index contributed by atoms with van der Waals surface area (Å²) < 4.78 is 12.7. The van der Waals surface area contributed by atoms with Gasteiger partial charge in [-0.25, -0.2) is 9.36 Å². The summed E-state index contributed by atoms with van der Waals surface area (Å²) in [7, 11) is 1.23. The van der Waals surface area contributed by atoms with E-state index in [0.29, 0.717) is 33.0 Å². The molecule has 224 valence electrons. The number of hydrogen-bond donors (Lipinski definition) is 3. The molecule has 0 fully saturated rings. The van der Waals surface area contributed by atoms with Gasteiger partial charge in [-0.05, 0) is 81.5 Å². The first-order valence-corrected chi connectivity index (χ1v) is 13.3. The Bertz CT molecular complexity index is 1700. The fourth-order valence-corrected chi connectivity index (χ4v) is 4.58. The number of ether oxygens (including phenoxy) is 2. The first-order chi connectivity index (χ1) is 19.5. The highest BCUT2D eigenvalue weighted by Crippen LogP contribution is 2.39. The maximum Gasteiger partial charge on any atom is 0.337 e. The number of aromatic nitrogens is 2. The van der Waals surface area contributed by atoms with E-state index in [1.54, 1.807) is 20.8 Å². The Labute approximate surface area is 246 Å². The van der Waals surface area contributed by atoms with E-state index < -0.39 is 40.4 Å². The van der Waals surface area contributed by atoms with Crippen LogP contribution in [-0.2, 0) is 27.9 Å². The Morgan fingerprint density at radius 1 is 0.976 bits per heavy atom. The molecule has 1 unspecified atom stereocenters. The molecule has 12 nitrogen and oxygen atoms in total. The van der Waals surface area contributed by atoms with Crippen LogP contribution < -0.4 is 31.8 Å². The molecule has 0 radical (unpaired) electrons. The zero-order valence-electron chi connectivity index (χ0n) is 24.4. The molecule has 0 aliphatic carbocycles. The summed E-state index contributed by atoms with van der Waals surface area (Å²) in [5, 5.41) is 14.0. The van der Waals surface area contributed by atoms with Crippen LogP contribution in [0.1, 0.15) is 49.4 Å². The lowest BCUT2D eigenvalue weighted by Gasteiger charge is -2.25. The minimum atomic E-state index is -2.07. The predicted octanol–water partition coefficient (Wildman–Crippen LogP) is 2.87. The van der Waals surface area contributed by atoms with E-state index >= 15 is 0 Å². The first kappa shape index (κ1) is 32.1. The molecule has 13 heteroatoms. The Hall–Kier alpha value is -4.42. The number of anilines is 2. The fraction of sp³-hybridized carbons (Fsp3) is 0.345. The number of nitrogen functional groups attached to an aromatic ring is 1. The van der Waals surface area contributed by atoms with Gasteiger partial charge >= 0.3 is 17.6 Å². The van der Waals surface area contributed by atoms with Crippen molar-refractivity contribution in [2.45, 2.75) is 60.0 Å². The van der Waals surface area contributed by atoms with Gasteiger partial charge in [-0.3, -0.25) is 23.7 Å². The van der Waals surface area contributed by atoms with Crippen LogP contribution in [0.5, 0.6) is 11.5 Å². The third-order valence-electron chi connectivity index (χ3n) is 6.97. The van der Waals surface area contributed by atoms with Crippen LogP contribution in [0.3, 0.4) is 0 Å². The summed E-state index contributed by atoms with van der Waals surface area (Å²) in [6, 6.07) is 6.09. The summed E-state index contributed by atoms with van der Waals surface area (Å²) in [4.78, 5) is 62.7. The number of amides is 1. The molecule has 1 amide bonds. The number of nitrogens with zero attached hydrogens (tertiary/aromatic N) is 2. The van der Waals surface area contributed by atoms with Crippen molar-refractivity contribution in [3.05, 3.63) is 72.4 Å². The van der Waals surface area contributed by atoms with Crippen molar-refractivity contribution in [3.8, 4) is 17.2 Å². The minimum absolute atomic E-state index is 0.0159.